The lowest BCUT2D eigenvalue weighted by atomic mass is 10.2. The molecule has 150 valence electrons. The quantitative estimate of drug-likeness (QED) is 0.288. The number of imidazole rings is 1. The molecule has 0 spiro atoms. The van der Waals surface area contributed by atoms with Crippen LogP contribution in [-0.2, 0) is 19.6 Å². The van der Waals surface area contributed by atoms with Gasteiger partial charge in [0.15, 0.2) is 5.96 Å². The summed E-state index contributed by atoms with van der Waals surface area (Å²) in [7, 11) is 0. The molecule has 0 radical (unpaired) electrons. The standard InChI is InChI=1S/C20H26N6S.HI/c1-4-21-20(24-13-19-25-15(2)16(3)27-19)23-12-18-22-10-11-26(18)14-17-8-6-5-7-9-17;/h5-11H,4,12-14H2,1-3H3,(H2,21,23,24);1H. The zero-order valence-electron chi connectivity index (χ0n) is 16.5. The molecule has 0 aliphatic carbocycles. The summed E-state index contributed by atoms with van der Waals surface area (Å²) in [6.45, 7) is 9.00. The van der Waals surface area contributed by atoms with Gasteiger partial charge in [-0.3, -0.25) is 0 Å². The van der Waals surface area contributed by atoms with Crippen LogP contribution in [0.3, 0.4) is 0 Å². The number of aliphatic imine (C=N–C) groups is 1. The highest BCUT2D eigenvalue weighted by Gasteiger charge is 2.06. The Labute approximate surface area is 187 Å². The van der Waals surface area contributed by atoms with Gasteiger partial charge in [-0.25, -0.2) is 15.0 Å². The molecule has 2 heterocycles. The smallest absolute Gasteiger partial charge is 0.192 e. The summed E-state index contributed by atoms with van der Waals surface area (Å²) in [5.74, 6) is 1.72. The summed E-state index contributed by atoms with van der Waals surface area (Å²) in [6, 6.07) is 10.4. The Balaban J connectivity index is 0.00000280. The zero-order chi connectivity index (χ0) is 19.1. The van der Waals surface area contributed by atoms with Crippen molar-refractivity contribution in [1.82, 2.24) is 25.2 Å². The molecular weight excluding hydrogens is 483 g/mol. The van der Waals surface area contributed by atoms with Crippen molar-refractivity contribution in [1.29, 1.82) is 0 Å². The van der Waals surface area contributed by atoms with E-state index >= 15 is 0 Å². The highest BCUT2D eigenvalue weighted by molar-refractivity contribution is 14.0. The molecule has 0 amide bonds. The van der Waals surface area contributed by atoms with E-state index in [2.05, 4.69) is 63.3 Å². The third-order valence-electron chi connectivity index (χ3n) is 4.20. The minimum atomic E-state index is 0. The fraction of sp³-hybridized carbons (Fsp3) is 0.350. The van der Waals surface area contributed by atoms with Gasteiger partial charge in [-0.15, -0.1) is 35.3 Å². The van der Waals surface area contributed by atoms with Gasteiger partial charge >= 0.3 is 0 Å². The van der Waals surface area contributed by atoms with E-state index in [1.165, 1.54) is 10.4 Å². The summed E-state index contributed by atoms with van der Waals surface area (Å²) < 4.78 is 2.13. The highest BCUT2D eigenvalue weighted by atomic mass is 127. The molecule has 0 atom stereocenters. The lowest BCUT2D eigenvalue weighted by Crippen LogP contribution is -2.36. The van der Waals surface area contributed by atoms with Crippen molar-refractivity contribution in [3.05, 3.63) is 69.7 Å². The fourth-order valence-electron chi connectivity index (χ4n) is 2.68. The molecule has 0 bridgehead atoms. The molecule has 2 aromatic heterocycles. The van der Waals surface area contributed by atoms with Crippen LogP contribution >= 0.6 is 35.3 Å². The normalized spacial score (nSPS) is 11.2. The van der Waals surface area contributed by atoms with Crippen molar-refractivity contribution in [3.63, 3.8) is 0 Å². The third-order valence-corrected chi connectivity index (χ3v) is 5.27. The summed E-state index contributed by atoms with van der Waals surface area (Å²) in [6.07, 6.45) is 3.83. The molecular formula is C20H27IN6S. The van der Waals surface area contributed by atoms with Crippen LogP contribution in [0.2, 0.25) is 0 Å². The zero-order valence-corrected chi connectivity index (χ0v) is 19.6. The van der Waals surface area contributed by atoms with E-state index in [1.807, 2.05) is 25.4 Å². The van der Waals surface area contributed by atoms with Gasteiger partial charge in [0.25, 0.3) is 0 Å². The van der Waals surface area contributed by atoms with Crippen molar-refractivity contribution in [3.8, 4) is 0 Å². The van der Waals surface area contributed by atoms with E-state index in [9.17, 15) is 0 Å². The van der Waals surface area contributed by atoms with Crippen LogP contribution in [0.5, 0.6) is 0 Å². The third kappa shape index (κ3) is 6.30. The lowest BCUT2D eigenvalue weighted by molar-refractivity contribution is 0.716. The number of hydrogen-bond acceptors (Lipinski definition) is 4. The van der Waals surface area contributed by atoms with Gasteiger partial charge < -0.3 is 15.2 Å². The van der Waals surface area contributed by atoms with E-state index in [1.54, 1.807) is 11.3 Å². The Bertz CT molecular complexity index is 868. The van der Waals surface area contributed by atoms with E-state index < -0.39 is 0 Å². The van der Waals surface area contributed by atoms with Crippen molar-refractivity contribution < 1.29 is 0 Å². The van der Waals surface area contributed by atoms with Crippen LogP contribution in [-0.4, -0.2) is 27.0 Å². The number of rotatable bonds is 7. The first-order valence-electron chi connectivity index (χ1n) is 9.14. The molecule has 0 fully saturated rings. The van der Waals surface area contributed by atoms with Gasteiger partial charge in [0, 0.05) is 30.4 Å². The van der Waals surface area contributed by atoms with E-state index in [0.717, 1.165) is 35.6 Å². The molecule has 3 rings (SSSR count). The number of aryl methyl sites for hydroxylation is 2. The Morgan fingerprint density at radius 2 is 1.96 bits per heavy atom. The molecule has 0 saturated heterocycles. The van der Waals surface area contributed by atoms with Crippen LogP contribution in [0.4, 0.5) is 0 Å². The van der Waals surface area contributed by atoms with Gasteiger partial charge in [0.2, 0.25) is 0 Å². The highest BCUT2D eigenvalue weighted by Crippen LogP contribution is 2.15. The molecule has 0 saturated carbocycles. The van der Waals surface area contributed by atoms with Gasteiger partial charge in [0.1, 0.15) is 17.4 Å². The minimum Gasteiger partial charge on any atom is -0.357 e. The second-order valence-electron chi connectivity index (χ2n) is 6.25. The maximum atomic E-state index is 4.69. The van der Waals surface area contributed by atoms with E-state index in [-0.39, 0.29) is 24.0 Å². The first kappa shape index (κ1) is 22.4. The number of thiazole rings is 1. The number of nitrogens with zero attached hydrogens (tertiary/aromatic N) is 4. The second-order valence-corrected chi connectivity index (χ2v) is 7.54. The predicted octanol–water partition coefficient (Wildman–Crippen LogP) is 3.88. The van der Waals surface area contributed by atoms with Crippen LogP contribution in [0.15, 0.2) is 47.7 Å². The molecule has 0 aliphatic rings. The summed E-state index contributed by atoms with van der Waals surface area (Å²) in [5.41, 5.74) is 2.35. The lowest BCUT2D eigenvalue weighted by Gasteiger charge is -2.11. The summed E-state index contributed by atoms with van der Waals surface area (Å²) >= 11 is 1.72. The van der Waals surface area contributed by atoms with Crippen molar-refractivity contribution in [2.45, 2.75) is 40.4 Å². The maximum Gasteiger partial charge on any atom is 0.192 e. The van der Waals surface area contributed by atoms with E-state index in [4.69, 9.17) is 4.99 Å². The Morgan fingerprint density at radius 3 is 2.64 bits per heavy atom. The monoisotopic (exact) mass is 510 g/mol. The topological polar surface area (TPSA) is 67.1 Å². The average molecular weight is 510 g/mol. The van der Waals surface area contributed by atoms with Crippen LogP contribution < -0.4 is 10.6 Å². The van der Waals surface area contributed by atoms with Gasteiger partial charge in [-0.05, 0) is 26.3 Å². The van der Waals surface area contributed by atoms with Gasteiger partial charge in [-0.1, -0.05) is 30.3 Å². The van der Waals surface area contributed by atoms with Crippen molar-refractivity contribution in [2.24, 2.45) is 4.99 Å². The largest absolute Gasteiger partial charge is 0.357 e. The summed E-state index contributed by atoms with van der Waals surface area (Å²) in [5, 5.41) is 7.71. The molecule has 3 aromatic rings. The number of guanidine groups is 1. The van der Waals surface area contributed by atoms with Crippen LogP contribution in [0.25, 0.3) is 0 Å². The van der Waals surface area contributed by atoms with Crippen molar-refractivity contribution >= 4 is 41.3 Å². The maximum absolute atomic E-state index is 4.69. The Kier molecular flexibility index (Phi) is 8.91. The molecule has 0 aliphatic heterocycles. The van der Waals surface area contributed by atoms with Crippen LogP contribution in [0.1, 0.15) is 33.9 Å². The molecule has 28 heavy (non-hydrogen) atoms. The first-order chi connectivity index (χ1) is 13.2. The molecule has 0 unspecified atom stereocenters. The van der Waals surface area contributed by atoms with Gasteiger partial charge in [0.05, 0.1) is 12.2 Å². The first-order valence-corrected chi connectivity index (χ1v) is 9.96. The van der Waals surface area contributed by atoms with E-state index in [0.29, 0.717) is 13.1 Å². The van der Waals surface area contributed by atoms with Crippen LogP contribution in [0, 0.1) is 13.8 Å². The number of hydrogen-bond donors (Lipinski definition) is 2. The van der Waals surface area contributed by atoms with Crippen molar-refractivity contribution in [2.75, 3.05) is 6.54 Å². The molecule has 6 nitrogen and oxygen atoms in total. The summed E-state index contributed by atoms with van der Waals surface area (Å²) in [4.78, 5) is 15.0. The molecule has 2 N–H and O–H groups in total. The Hall–Kier alpha value is -1.94. The number of benzene rings is 1. The second kappa shape index (κ2) is 11.2. The molecule has 8 heteroatoms. The average Bonchev–Trinajstić information content (AvgIpc) is 3.24. The predicted molar refractivity (Wildman–Crippen MR) is 126 cm³/mol. The van der Waals surface area contributed by atoms with Gasteiger partial charge in [-0.2, -0.15) is 0 Å². The fourth-order valence-corrected chi connectivity index (χ4v) is 3.56. The number of halogens is 1. The molecule has 1 aromatic carbocycles. The number of aromatic nitrogens is 3. The Morgan fingerprint density at radius 1 is 1.18 bits per heavy atom. The number of nitrogens with one attached hydrogen (secondary N) is 2. The SMILES string of the molecule is CCNC(=NCc1nccn1Cc1ccccc1)NCc1nc(C)c(C)s1.I. The minimum absolute atomic E-state index is 0.